The molecule has 0 saturated heterocycles. The van der Waals surface area contributed by atoms with Gasteiger partial charge in [0.1, 0.15) is 0 Å². The fraction of sp³-hybridized carbons (Fsp3) is 0.333. The highest BCUT2D eigenvalue weighted by atomic mass is 16.2. The summed E-state index contributed by atoms with van der Waals surface area (Å²) in [5, 5.41) is 4.95. The van der Waals surface area contributed by atoms with E-state index in [1.165, 1.54) is 24.3 Å². The average molecular weight is 349 g/mol. The molecule has 26 heavy (non-hydrogen) atoms. The highest BCUT2D eigenvalue weighted by Crippen LogP contribution is 2.25. The second-order valence-corrected chi connectivity index (χ2v) is 7.01. The van der Waals surface area contributed by atoms with Crippen molar-refractivity contribution in [2.24, 2.45) is 0 Å². The zero-order chi connectivity index (χ0) is 17.9. The average Bonchev–Trinajstić information content (AvgIpc) is 2.69. The number of para-hydroxylation sites is 1. The van der Waals surface area contributed by atoms with Crippen molar-refractivity contribution in [3.8, 4) is 0 Å². The molecule has 0 unspecified atom stereocenters. The molecule has 0 radical (unpaired) electrons. The van der Waals surface area contributed by atoms with Crippen LogP contribution in [-0.2, 0) is 6.54 Å². The predicted molar refractivity (Wildman–Crippen MR) is 101 cm³/mol. The Morgan fingerprint density at radius 2 is 1.73 bits per heavy atom. The molecule has 4 rings (SSSR count). The zero-order valence-electron chi connectivity index (χ0n) is 14.7. The molecule has 0 bridgehead atoms. The summed E-state index contributed by atoms with van der Waals surface area (Å²) in [7, 11) is 0. The molecule has 2 amide bonds. The molecule has 1 aliphatic heterocycles. The maximum atomic E-state index is 13.1. The number of hydrogen-bond donors (Lipinski definition) is 2. The van der Waals surface area contributed by atoms with Gasteiger partial charge in [0.25, 0.3) is 11.8 Å². The van der Waals surface area contributed by atoms with Gasteiger partial charge in [-0.2, -0.15) is 0 Å². The number of rotatable bonds is 3. The van der Waals surface area contributed by atoms with E-state index < -0.39 is 0 Å². The van der Waals surface area contributed by atoms with Crippen molar-refractivity contribution in [1.82, 2.24) is 10.4 Å². The monoisotopic (exact) mass is 349 g/mol. The van der Waals surface area contributed by atoms with Gasteiger partial charge in [0.2, 0.25) is 0 Å². The number of nitrogens with zero attached hydrogens (tertiary/aromatic N) is 1. The molecule has 2 aliphatic rings. The normalized spacial score (nSPS) is 17.4. The minimum absolute atomic E-state index is 0.188. The number of anilines is 1. The lowest BCUT2D eigenvalue weighted by Crippen LogP contribution is -2.49. The van der Waals surface area contributed by atoms with Crippen LogP contribution in [0, 0.1) is 0 Å². The van der Waals surface area contributed by atoms with Crippen molar-refractivity contribution in [1.29, 1.82) is 0 Å². The molecule has 5 heteroatoms. The highest BCUT2D eigenvalue weighted by Gasteiger charge is 2.28. The van der Waals surface area contributed by atoms with Crippen molar-refractivity contribution in [3.05, 3.63) is 65.2 Å². The molecule has 5 nitrogen and oxygen atoms in total. The number of hydrazine groups is 1. The number of benzene rings is 2. The van der Waals surface area contributed by atoms with Gasteiger partial charge >= 0.3 is 0 Å². The smallest absolute Gasteiger partial charge is 0.274 e. The third-order valence-corrected chi connectivity index (χ3v) is 5.19. The number of nitrogens with one attached hydrogen (secondary N) is 2. The number of fused-ring (bicyclic) bond motifs is 1. The van der Waals surface area contributed by atoms with E-state index in [1.807, 2.05) is 42.5 Å². The molecule has 0 spiro atoms. The molecule has 2 N–H and O–H groups in total. The zero-order valence-corrected chi connectivity index (χ0v) is 14.7. The van der Waals surface area contributed by atoms with Crippen LogP contribution >= 0.6 is 0 Å². The lowest BCUT2D eigenvalue weighted by Gasteiger charge is -2.30. The second kappa shape index (κ2) is 7.20. The van der Waals surface area contributed by atoms with Crippen LogP contribution in [0.5, 0.6) is 0 Å². The summed E-state index contributed by atoms with van der Waals surface area (Å²) in [5.41, 5.74) is 5.65. The van der Waals surface area contributed by atoms with Crippen LogP contribution in [0.2, 0.25) is 0 Å². The molecular formula is C21H23N3O2. The Morgan fingerprint density at radius 3 is 2.58 bits per heavy atom. The summed E-state index contributed by atoms with van der Waals surface area (Å²) < 4.78 is 0. The van der Waals surface area contributed by atoms with E-state index in [-0.39, 0.29) is 11.8 Å². The summed E-state index contributed by atoms with van der Waals surface area (Å²) in [6.07, 6.45) is 6.02. The van der Waals surface area contributed by atoms with E-state index in [1.54, 1.807) is 6.07 Å². The van der Waals surface area contributed by atoms with Crippen LogP contribution in [0.25, 0.3) is 0 Å². The SMILES string of the molecule is O=C1NN(C(=O)c2ccccc2NC2CCCCC2)Cc2ccccc21. The van der Waals surface area contributed by atoms with Crippen LogP contribution < -0.4 is 10.7 Å². The van der Waals surface area contributed by atoms with Crippen LogP contribution in [0.1, 0.15) is 58.4 Å². The number of hydrogen-bond acceptors (Lipinski definition) is 3. The third-order valence-electron chi connectivity index (χ3n) is 5.19. The molecule has 2 aromatic carbocycles. The van der Waals surface area contributed by atoms with E-state index in [2.05, 4.69) is 10.7 Å². The van der Waals surface area contributed by atoms with Gasteiger partial charge in [0.05, 0.1) is 12.1 Å². The van der Waals surface area contributed by atoms with E-state index in [9.17, 15) is 9.59 Å². The van der Waals surface area contributed by atoms with Crippen LogP contribution in [0.4, 0.5) is 5.69 Å². The molecule has 1 heterocycles. The molecule has 1 aliphatic carbocycles. The third kappa shape index (κ3) is 3.29. The van der Waals surface area contributed by atoms with Gasteiger partial charge in [0.15, 0.2) is 0 Å². The highest BCUT2D eigenvalue weighted by molar-refractivity contribution is 6.03. The maximum absolute atomic E-state index is 13.1. The lowest BCUT2D eigenvalue weighted by molar-refractivity contribution is 0.0540. The molecule has 2 aromatic rings. The van der Waals surface area contributed by atoms with Crippen LogP contribution in [0.15, 0.2) is 48.5 Å². The Hall–Kier alpha value is -2.82. The van der Waals surface area contributed by atoms with Crippen molar-refractivity contribution >= 4 is 17.5 Å². The first-order valence-electron chi connectivity index (χ1n) is 9.29. The Labute approximate surface area is 153 Å². The Morgan fingerprint density at radius 1 is 1.00 bits per heavy atom. The van der Waals surface area contributed by atoms with Crippen molar-refractivity contribution < 1.29 is 9.59 Å². The summed E-state index contributed by atoms with van der Waals surface area (Å²) in [6, 6.07) is 15.4. The minimum atomic E-state index is -0.238. The first-order chi connectivity index (χ1) is 12.7. The maximum Gasteiger partial charge on any atom is 0.274 e. The number of amides is 2. The van der Waals surface area contributed by atoms with Crippen LogP contribution in [-0.4, -0.2) is 22.9 Å². The summed E-state index contributed by atoms with van der Waals surface area (Å²) in [6.45, 7) is 0.374. The van der Waals surface area contributed by atoms with Gasteiger partial charge in [-0.3, -0.25) is 15.0 Å². The minimum Gasteiger partial charge on any atom is -0.382 e. The van der Waals surface area contributed by atoms with Crippen molar-refractivity contribution in [2.45, 2.75) is 44.7 Å². The van der Waals surface area contributed by atoms with Crippen molar-refractivity contribution in [3.63, 3.8) is 0 Å². The topological polar surface area (TPSA) is 61.4 Å². The summed E-state index contributed by atoms with van der Waals surface area (Å²) >= 11 is 0. The predicted octanol–water partition coefficient (Wildman–Crippen LogP) is 3.73. The van der Waals surface area contributed by atoms with Gasteiger partial charge in [-0.1, -0.05) is 49.6 Å². The first kappa shape index (κ1) is 16.6. The van der Waals surface area contributed by atoms with E-state index in [4.69, 9.17) is 0 Å². The summed E-state index contributed by atoms with van der Waals surface area (Å²) in [4.78, 5) is 25.4. The number of carbonyl (C=O) groups is 2. The van der Waals surface area contributed by atoms with Gasteiger partial charge in [-0.15, -0.1) is 0 Å². The van der Waals surface area contributed by atoms with Gasteiger partial charge < -0.3 is 5.32 Å². The molecule has 0 atom stereocenters. The van der Waals surface area contributed by atoms with Crippen molar-refractivity contribution in [2.75, 3.05) is 5.32 Å². The van der Waals surface area contributed by atoms with Gasteiger partial charge in [0, 0.05) is 17.3 Å². The standard InChI is InChI=1S/C21H23N3O2/c25-20-17-11-5-4-8-15(17)14-24(23-20)21(26)18-12-6-7-13-19(18)22-16-9-2-1-3-10-16/h4-8,11-13,16,22H,1-3,9-10,14H2,(H,23,25). The molecule has 1 saturated carbocycles. The van der Waals surface area contributed by atoms with Gasteiger partial charge in [-0.05, 0) is 36.6 Å². The Balaban J connectivity index is 1.56. The van der Waals surface area contributed by atoms with E-state index in [0.29, 0.717) is 23.7 Å². The summed E-state index contributed by atoms with van der Waals surface area (Å²) in [5.74, 6) is -0.426. The fourth-order valence-corrected chi connectivity index (χ4v) is 3.80. The van der Waals surface area contributed by atoms with Gasteiger partial charge in [-0.25, -0.2) is 5.01 Å². The first-order valence-corrected chi connectivity index (χ1v) is 9.29. The second-order valence-electron chi connectivity index (χ2n) is 7.01. The fourth-order valence-electron chi connectivity index (χ4n) is 3.80. The Bertz CT molecular complexity index is 828. The van der Waals surface area contributed by atoms with Crippen LogP contribution in [0.3, 0.4) is 0 Å². The quantitative estimate of drug-likeness (QED) is 0.887. The lowest BCUT2D eigenvalue weighted by atomic mass is 9.95. The molecule has 1 fully saturated rings. The van der Waals surface area contributed by atoms with E-state index in [0.717, 1.165) is 24.1 Å². The molecule has 0 aromatic heterocycles. The van der Waals surface area contributed by atoms with E-state index >= 15 is 0 Å². The largest absolute Gasteiger partial charge is 0.382 e. The molecule has 134 valence electrons. The Kier molecular flexibility index (Phi) is 4.61. The number of carbonyl (C=O) groups excluding carboxylic acids is 2. The molecular weight excluding hydrogens is 326 g/mol.